The summed E-state index contributed by atoms with van der Waals surface area (Å²) in [5, 5.41) is 18.1. The summed E-state index contributed by atoms with van der Waals surface area (Å²) in [6.45, 7) is 2.22. The highest BCUT2D eigenvalue weighted by molar-refractivity contribution is 9.10. The fraction of sp³-hybridized carbons (Fsp3) is 0.182. The van der Waals surface area contributed by atoms with Crippen molar-refractivity contribution in [3.05, 3.63) is 28.2 Å². The molecule has 1 aromatic carbocycles. The highest BCUT2D eigenvalue weighted by Gasteiger charge is 2.07. The first-order chi connectivity index (χ1) is 7.54. The van der Waals surface area contributed by atoms with Gasteiger partial charge in [-0.05, 0) is 46.6 Å². The molecule has 0 aromatic heterocycles. The van der Waals surface area contributed by atoms with Crippen molar-refractivity contribution >= 4 is 28.0 Å². The number of phenolic OH excluding ortho intramolecular Hbond substituents is 1. The molecule has 1 rings (SSSR count). The number of aliphatic carboxylic acids is 1. The topological polar surface area (TPSA) is 66.8 Å². The van der Waals surface area contributed by atoms with Crippen LogP contribution in [-0.2, 0) is 4.79 Å². The third-order valence-corrected chi connectivity index (χ3v) is 2.37. The van der Waals surface area contributed by atoms with Gasteiger partial charge in [0.1, 0.15) is 0 Å². The van der Waals surface area contributed by atoms with Crippen molar-refractivity contribution in [1.29, 1.82) is 0 Å². The third kappa shape index (κ3) is 3.27. The molecular formula is C11H11BrO4. The molecule has 0 aliphatic heterocycles. The van der Waals surface area contributed by atoms with Crippen LogP contribution >= 0.6 is 15.9 Å². The number of phenols is 1. The monoisotopic (exact) mass is 286 g/mol. The predicted octanol–water partition coefficient (Wildman–Crippen LogP) is 2.65. The quantitative estimate of drug-likeness (QED) is 0.835. The Kier molecular flexibility index (Phi) is 4.37. The average Bonchev–Trinajstić information content (AvgIpc) is 2.22. The smallest absolute Gasteiger partial charge is 0.328 e. The Bertz CT molecular complexity index is 426. The van der Waals surface area contributed by atoms with Crippen molar-refractivity contribution in [3.63, 3.8) is 0 Å². The SMILES string of the molecule is CCOc1cc(/C=C/C(=O)O)cc(Br)c1O. The molecule has 0 unspecified atom stereocenters. The van der Waals surface area contributed by atoms with Crippen LogP contribution in [0.4, 0.5) is 0 Å². The summed E-state index contributed by atoms with van der Waals surface area (Å²) in [5.41, 5.74) is 0.635. The van der Waals surface area contributed by atoms with E-state index in [2.05, 4.69) is 15.9 Å². The summed E-state index contributed by atoms with van der Waals surface area (Å²) in [6.07, 6.45) is 2.45. The van der Waals surface area contributed by atoms with E-state index in [0.717, 1.165) is 6.08 Å². The first-order valence-corrected chi connectivity index (χ1v) is 5.40. The highest BCUT2D eigenvalue weighted by atomic mass is 79.9. The summed E-state index contributed by atoms with van der Waals surface area (Å²) >= 11 is 3.16. The molecule has 1 aromatic rings. The molecule has 0 amide bonds. The second kappa shape index (κ2) is 5.55. The number of hydrogen-bond acceptors (Lipinski definition) is 3. The van der Waals surface area contributed by atoms with Crippen LogP contribution in [0.15, 0.2) is 22.7 Å². The van der Waals surface area contributed by atoms with E-state index in [9.17, 15) is 9.90 Å². The van der Waals surface area contributed by atoms with Crippen LogP contribution in [-0.4, -0.2) is 22.8 Å². The van der Waals surface area contributed by atoms with Crippen molar-refractivity contribution in [1.82, 2.24) is 0 Å². The lowest BCUT2D eigenvalue weighted by Crippen LogP contribution is -1.93. The van der Waals surface area contributed by atoms with Gasteiger partial charge in [0.25, 0.3) is 0 Å². The number of carboxylic acids is 1. The molecule has 0 aliphatic carbocycles. The summed E-state index contributed by atoms with van der Waals surface area (Å²) in [7, 11) is 0. The normalized spacial score (nSPS) is 10.6. The molecule has 0 heterocycles. The molecule has 0 spiro atoms. The minimum absolute atomic E-state index is 0.00863. The number of aromatic hydroxyl groups is 1. The molecular weight excluding hydrogens is 276 g/mol. The number of carbonyl (C=O) groups is 1. The minimum atomic E-state index is -1.03. The standard InChI is InChI=1S/C11H11BrO4/c1-2-16-9-6-7(3-4-10(13)14)5-8(12)11(9)15/h3-6,15H,2H2,1H3,(H,13,14)/b4-3+. The lowest BCUT2D eigenvalue weighted by Gasteiger charge is -2.08. The number of halogens is 1. The van der Waals surface area contributed by atoms with Crippen molar-refractivity contribution in [3.8, 4) is 11.5 Å². The molecule has 0 saturated heterocycles. The zero-order chi connectivity index (χ0) is 12.1. The molecule has 5 heteroatoms. The van der Waals surface area contributed by atoms with Gasteiger partial charge in [0.15, 0.2) is 11.5 Å². The molecule has 0 bridgehead atoms. The second-order valence-electron chi connectivity index (χ2n) is 2.95. The number of carboxylic acid groups (broad SMARTS) is 1. The van der Waals surface area contributed by atoms with E-state index in [-0.39, 0.29) is 5.75 Å². The van der Waals surface area contributed by atoms with Gasteiger partial charge in [-0.2, -0.15) is 0 Å². The van der Waals surface area contributed by atoms with Gasteiger partial charge < -0.3 is 14.9 Å². The van der Waals surface area contributed by atoms with Gasteiger partial charge in [0, 0.05) is 6.08 Å². The Morgan fingerprint density at radius 2 is 2.25 bits per heavy atom. The Morgan fingerprint density at radius 3 is 2.81 bits per heavy atom. The zero-order valence-electron chi connectivity index (χ0n) is 8.61. The van der Waals surface area contributed by atoms with Crippen LogP contribution in [0.25, 0.3) is 6.08 Å². The van der Waals surface area contributed by atoms with Gasteiger partial charge in [-0.25, -0.2) is 4.79 Å². The number of rotatable bonds is 4. The van der Waals surface area contributed by atoms with E-state index in [4.69, 9.17) is 9.84 Å². The zero-order valence-corrected chi connectivity index (χ0v) is 10.2. The fourth-order valence-electron chi connectivity index (χ4n) is 1.12. The molecule has 86 valence electrons. The van der Waals surface area contributed by atoms with Crippen molar-refractivity contribution in [2.45, 2.75) is 6.92 Å². The second-order valence-corrected chi connectivity index (χ2v) is 3.81. The molecule has 0 fully saturated rings. The summed E-state index contributed by atoms with van der Waals surface area (Å²) in [6, 6.07) is 3.18. The first-order valence-electron chi connectivity index (χ1n) is 4.61. The maximum atomic E-state index is 10.4. The number of benzene rings is 1. The lowest BCUT2D eigenvalue weighted by atomic mass is 10.2. The summed E-state index contributed by atoms with van der Waals surface area (Å²) in [5.74, 6) is -0.696. The predicted molar refractivity (Wildman–Crippen MR) is 63.6 cm³/mol. The fourth-order valence-corrected chi connectivity index (χ4v) is 1.58. The van der Waals surface area contributed by atoms with Gasteiger partial charge in [0.05, 0.1) is 11.1 Å². The highest BCUT2D eigenvalue weighted by Crippen LogP contribution is 2.35. The Hall–Kier alpha value is -1.49. The van der Waals surface area contributed by atoms with Crippen LogP contribution < -0.4 is 4.74 Å². The van der Waals surface area contributed by atoms with E-state index in [1.807, 2.05) is 0 Å². The molecule has 16 heavy (non-hydrogen) atoms. The van der Waals surface area contributed by atoms with E-state index in [1.54, 1.807) is 19.1 Å². The molecule has 2 N–H and O–H groups in total. The van der Waals surface area contributed by atoms with Crippen LogP contribution in [0.3, 0.4) is 0 Å². The Morgan fingerprint density at radius 1 is 1.56 bits per heavy atom. The van der Waals surface area contributed by atoms with Crippen LogP contribution in [0.1, 0.15) is 12.5 Å². The molecule has 0 atom stereocenters. The van der Waals surface area contributed by atoms with Crippen LogP contribution in [0, 0.1) is 0 Å². The van der Waals surface area contributed by atoms with Crippen LogP contribution in [0.5, 0.6) is 11.5 Å². The van der Waals surface area contributed by atoms with E-state index in [1.165, 1.54) is 6.08 Å². The van der Waals surface area contributed by atoms with Gasteiger partial charge in [-0.1, -0.05) is 0 Å². The summed E-state index contributed by atoms with van der Waals surface area (Å²) < 4.78 is 5.67. The molecule has 0 aliphatic rings. The van der Waals surface area contributed by atoms with Gasteiger partial charge in [-0.3, -0.25) is 0 Å². The van der Waals surface area contributed by atoms with E-state index < -0.39 is 5.97 Å². The third-order valence-electron chi connectivity index (χ3n) is 1.77. The number of hydrogen-bond donors (Lipinski definition) is 2. The minimum Gasteiger partial charge on any atom is -0.503 e. The molecule has 4 nitrogen and oxygen atoms in total. The average molecular weight is 287 g/mol. The lowest BCUT2D eigenvalue weighted by molar-refractivity contribution is -0.131. The molecule has 0 saturated carbocycles. The van der Waals surface area contributed by atoms with Crippen LogP contribution in [0.2, 0.25) is 0 Å². The van der Waals surface area contributed by atoms with Gasteiger partial charge in [0.2, 0.25) is 0 Å². The van der Waals surface area contributed by atoms with Crippen molar-refractivity contribution < 1.29 is 19.7 Å². The Labute approximate surface area is 101 Å². The van der Waals surface area contributed by atoms with Gasteiger partial charge >= 0.3 is 5.97 Å². The summed E-state index contributed by atoms with van der Waals surface area (Å²) in [4.78, 5) is 10.4. The van der Waals surface area contributed by atoms with E-state index >= 15 is 0 Å². The molecule has 0 radical (unpaired) electrons. The van der Waals surface area contributed by atoms with Gasteiger partial charge in [-0.15, -0.1) is 0 Å². The largest absolute Gasteiger partial charge is 0.503 e. The number of ether oxygens (including phenoxy) is 1. The first kappa shape index (κ1) is 12.6. The van der Waals surface area contributed by atoms with Crippen molar-refractivity contribution in [2.24, 2.45) is 0 Å². The van der Waals surface area contributed by atoms with E-state index in [0.29, 0.717) is 22.4 Å². The van der Waals surface area contributed by atoms with Crippen molar-refractivity contribution in [2.75, 3.05) is 6.61 Å². The maximum absolute atomic E-state index is 10.4. The Balaban J connectivity index is 3.08. The maximum Gasteiger partial charge on any atom is 0.328 e.